The van der Waals surface area contributed by atoms with Gasteiger partial charge in [0.15, 0.2) is 5.78 Å². The van der Waals surface area contributed by atoms with Crippen LogP contribution in [0.1, 0.15) is 67.3 Å². The van der Waals surface area contributed by atoms with E-state index < -0.39 is 0 Å². The molecular weight excluding hydrogens is 426 g/mol. The third kappa shape index (κ3) is 10.7. The van der Waals surface area contributed by atoms with Gasteiger partial charge in [-0.25, -0.2) is 0 Å². The monoisotopic (exact) mass is 465 g/mol. The van der Waals surface area contributed by atoms with E-state index in [2.05, 4.69) is 29.2 Å². The summed E-state index contributed by atoms with van der Waals surface area (Å²) in [6, 6.07) is 17.9. The number of hydrogen-bond donors (Lipinski definition) is 0. The maximum absolute atomic E-state index is 12.2. The average molecular weight is 466 g/mol. The van der Waals surface area contributed by atoms with E-state index in [0.717, 1.165) is 37.4 Å². The maximum Gasteiger partial charge on any atom is 0.185 e. The fraction of sp³-hybridized carbons (Fsp3) is 0.483. The van der Waals surface area contributed by atoms with Crippen molar-refractivity contribution in [3.05, 3.63) is 71.8 Å². The number of hydrogen-bond acceptors (Lipinski definition) is 4. The van der Waals surface area contributed by atoms with Crippen LogP contribution in [0.5, 0.6) is 0 Å². The Labute approximate surface area is 204 Å². The summed E-state index contributed by atoms with van der Waals surface area (Å²) in [5, 5.41) is 0. The second-order valence-corrected chi connectivity index (χ2v) is 9.93. The van der Waals surface area contributed by atoms with Gasteiger partial charge in [-0.1, -0.05) is 87.1 Å². The van der Waals surface area contributed by atoms with Gasteiger partial charge in [-0.05, 0) is 48.9 Å². The Bertz CT molecular complexity index is 813. The van der Waals surface area contributed by atoms with E-state index in [1.165, 1.54) is 68.6 Å². The standard InChI is InChI=1S/C29H39NO2S/c31-29(27-12-8-7-9-13-27)19-16-26-14-17-28(18-15-26)33-25-11-6-4-2-1-3-5-10-20-30-21-23-32-24-22-30/h7-9,12-19H,1-6,10-11,20-25H2/b19-16+. The van der Waals surface area contributed by atoms with Crippen molar-refractivity contribution < 1.29 is 9.53 Å². The number of ketones is 1. The minimum absolute atomic E-state index is 0.0436. The van der Waals surface area contributed by atoms with E-state index in [-0.39, 0.29) is 5.78 Å². The highest BCUT2D eigenvalue weighted by Gasteiger charge is 2.08. The average Bonchev–Trinajstić information content (AvgIpc) is 2.87. The van der Waals surface area contributed by atoms with Gasteiger partial charge >= 0.3 is 0 Å². The lowest BCUT2D eigenvalue weighted by Crippen LogP contribution is -2.36. The summed E-state index contributed by atoms with van der Waals surface area (Å²) in [6.45, 7) is 5.32. The summed E-state index contributed by atoms with van der Waals surface area (Å²) < 4.78 is 5.40. The van der Waals surface area contributed by atoms with Crippen molar-refractivity contribution in [2.45, 2.75) is 56.3 Å². The van der Waals surface area contributed by atoms with Gasteiger partial charge in [0, 0.05) is 23.5 Å². The van der Waals surface area contributed by atoms with Crippen LogP contribution in [0.25, 0.3) is 6.08 Å². The predicted octanol–water partition coefficient (Wildman–Crippen LogP) is 7.13. The van der Waals surface area contributed by atoms with Crippen LogP contribution in [0.2, 0.25) is 0 Å². The molecule has 0 atom stereocenters. The largest absolute Gasteiger partial charge is 0.379 e. The highest BCUT2D eigenvalue weighted by atomic mass is 32.2. The molecule has 1 heterocycles. The van der Waals surface area contributed by atoms with E-state index >= 15 is 0 Å². The topological polar surface area (TPSA) is 29.5 Å². The summed E-state index contributed by atoms with van der Waals surface area (Å²) in [5.74, 6) is 1.23. The van der Waals surface area contributed by atoms with Crippen molar-refractivity contribution in [2.75, 3.05) is 38.6 Å². The Morgan fingerprint density at radius 2 is 1.45 bits per heavy atom. The van der Waals surface area contributed by atoms with Crippen LogP contribution in [-0.2, 0) is 4.74 Å². The lowest BCUT2D eigenvalue weighted by Gasteiger charge is -2.26. The Kier molecular flexibility index (Phi) is 12.4. The van der Waals surface area contributed by atoms with Crippen LogP contribution in [0, 0.1) is 0 Å². The third-order valence-electron chi connectivity index (χ3n) is 6.11. The van der Waals surface area contributed by atoms with Crippen LogP contribution >= 0.6 is 11.8 Å². The lowest BCUT2D eigenvalue weighted by molar-refractivity contribution is 0.0371. The van der Waals surface area contributed by atoms with Gasteiger partial charge in [0.1, 0.15) is 0 Å². The number of thioether (sulfide) groups is 1. The minimum atomic E-state index is 0.0436. The van der Waals surface area contributed by atoms with E-state index in [4.69, 9.17) is 4.74 Å². The number of ether oxygens (including phenoxy) is 1. The molecule has 2 aromatic rings. The van der Waals surface area contributed by atoms with Crippen molar-refractivity contribution >= 4 is 23.6 Å². The number of carbonyl (C=O) groups excluding carboxylic acids is 1. The lowest BCUT2D eigenvalue weighted by atomic mass is 10.1. The molecule has 4 heteroatoms. The number of unbranched alkanes of at least 4 members (excludes halogenated alkanes) is 7. The molecule has 0 amide bonds. The quantitative estimate of drug-likeness (QED) is 0.121. The number of allylic oxidation sites excluding steroid dienone is 1. The summed E-state index contributed by atoms with van der Waals surface area (Å²) in [4.78, 5) is 16.0. The predicted molar refractivity (Wildman–Crippen MR) is 141 cm³/mol. The highest BCUT2D eigenvalue weighted by Crippen LogP contribution is 2.21. The minimum Gasteiger partial charge on any atom is -0.379 e. The first-order valence-electron chi connectivity index (χ1n) is 12.6. The molecule has 1 saturated heterocycles. The zero-order chi connectivity index (χ0) is 23.0. The van der Waals surface area contributed by atoms with Crippen molar-refractivity contribution in [2.24, 2.45) is 0 Å². The molecule has 2 aromatic carbocycles. The maximum atomic E-state index is 12.2. The number of benzene rings is 2. The molecule has 0 unspecified atom stereocenters. The fourth-order valence-corrected chi connectivity index (χ4v) is 4.97. The molecule has 1 aliphatic heterocycles. The Balaban J connectivity index is 1.17. The van der Waals surface area contributed by atoms with Crippen molar-refractivity contribution in [3.63, 3.8) is 0 Å². The molecule has 178 valence electrons. The Morgan fingerprint density at radius 3 is 2.15 bits per heavy atom. The normalized spacial score (nSPS) is 14.7. The van der Waals surface area contributed by atoms with E-state index in [0.29, 0.717) is 0 Å². The summed E-state index contributed by atoms with van der Waals surface area (Å²) in [6.07, 6.45) is 14.4. The molecule has 0 bridgehead atoms. The first-order valence-corrected chi connectivity index (χ1v) is 13.6. The van der Waals surface area contributed by atoms with Crippen LogP contribution in [0.15, 0.2) is 65.6 Å². The third-order valence-corrected chi connectivity index (χ3v) is 7.20. The highest BCUT2D eigenvalue weighted by molar-refractivity contribution is 7.99. The molecule has 33 heavy (non-hydrogen) atoms. The van der Waals surface area contributed by atoms with Crippen molar-refractivity contribution in [1.29, 1.82) is 0 Å². The molecule has 1 fully saturated rings. The van der Waals surface area contributed by atoms with Crippen molar-refractivity contribution in [3.8, 4) is 0 Å². The molecule has 0 N–H and O–H groups in total. The van der Waals surface area contributed by atoms with E-state index in [1.807, 2.05) is 48.2 Å². The fourth-order valence-electron chi connectivity index (χ4n) is 4.06. The number of carbonyl (C=O) groups is 1. The molecule has 3 nitrogen and oxygen atoms in total. The van der Waals surface area contributed by atoms with Gasteiger partial charge in [-0.15, -0.1) is 11.8 Å². The number of morpholine rings is 1. The summed E-state index contributed by atoms with van der Waals surface area (Å²) >= 11 is 1.93. The SMILES string of the molecule is O=C(/C=C/c1ccc(SCCCCCCCCCCN2CCOCC2)cc1)c1ccccc1. The van der Waals surface area contributed by atoms with Gasteiger partial charge in [-0.2, -0.15) is 0 Å². The molecule has 0 radical (unpaired) electrons. The number of rotatable bonds is 15. The van der Waals surface area contributed by atoms with Gasteiger partial charge < -0.3 is 4.74 Å². The molecule has 0 aromatic heterocycles. The second kappa shape index (κ2) is 15.9. The summed E-state index contributed by atoms with van der Waals surface area (Å²) in [5.41, 5.74) is 1.79. The Morgan fingerprint density at radius 1 is 0.818 bits per heavy atom. The van der Waals surface area contributed by atoms with Crippen LogP contribution in [-0.4, -0.2) is 49.3 Å². The molecular formula is C29H39NO2S. The van der Waals surface area contributed by atoms with Crippen LogP contribution < -0.4 is 0 Å². The van der Waals surface area contributed by atoms with E-state index in [1.54, 1.807) is 6.08 Å². The number of nitrogens with zero attached hydrogens (tertiary/aromatic N) is 1. The van der Waals surface area contributed by atoms with Gasteiger partial charge in [0.2, 0.25) is 0 Å². The molecule has 1 aliphatic rings. The summed E-state index contributed by atoms with van der Waals surface area (Å²) in [7, 11) is 0. The Hall–Kier alpha value is -1.88. The second-order valence-electron chi connectivity index (χ2n) is 8.76. The first-order chi connectivity index (χ1) is 16.3. The van der Waals surface area contributed by atoms with Crippen molar-refractivity contribution in [1.82, 2.24) is 4.90 Å². The van der Waals surface area contributed by atoms with E-state index in [9.17, 15) is 4.79 Å². The molecule has 0 saturated carbocycles. The zero-order valence-electron chi connectivity index (χ0n) is 19.9. The van der Waals surface area contributed by atoms with Gasteiger partial charge in [-0.3, -0.25) is 9.69 Å². The molecule has 0 spiro atoms. The molecule has 0 aliphatic carbocycles. The van der Waals surface area contributed by atoms with Gasteiger partial charge in [0.05, 0.1) is 13.2 Å². The molecule has 3 rings (SSSR count). The first kappa shape index (κ1) is 25.7. The zero-order valence-corrected chi connectivity index (χ0v) is 20.7. The van der Waals surface area contributed by atoms with Crippen LogP contribution in [0.3, 0.4) is 0 Å². The smallest absolute Gasteiger partial charge is 0.185 e. The van der Waals surface area contributed by atoms with Crippen LogP contribution in [0.4, 0.5) is 0 Å². The van der Waals surface area contributed by atoms with Gasteiger partial charge in [0.25, 0.3) is 0 Å².